The Hall–Kier alpha value is -1.38. The number of rotatable bonds is 6. The fourth-order valence-corrected chi connectivity index (χ4v) is 1.69. The summed E-state index contributed by atoms with van der Waals surface area (Å²) in [5.41, 5.74) is 0.905. The van der Waals surface area contributed by atoms with Crippen LogP contribution in [-0.4, -0.2) is 10.9 Å². The van der Waals surface area contributed by atoms with Gasteiger partial charge in [-0.3, -0.25) is 9.78 Å². The minimum Gasteiger partial charge on any atom is -0.350 e. The second-order valence-electron chi connectivity index (χ2n) is 3.93. The summed E-state index contributed by atoms with van der Waals surface area (Å²) in [6.07, 6.45) is 4.66. The van der Waals surface area contributed by atoms with E-state index in [0.717, 1.165) is 25.0 Å². The molecule has 16 heavy (non-hydrogen) atoms. The van der Waals surface area contributed by atoms with Gasteiger partial charge in [0.2, 0.25) is 5.91 Å². The lowest BCUT2D eigenvalue weighted by Gasteiger charge is -2.13. The maximum atomic E-state index is 11.8. The van der Waals surface area contributed by atoms with Crippen molar-refractivity contribution in [2.24, 2.45) is 5.92 Å². The van der Waals surface area contributed by atoms with Crippen LogP contribution < -0.4 is 5.32 Å². The van der Waals surface area contributed by atoms with Gasteiger partial charge in [0.1, 0.15) is 0 Å². The molecule has 0 spiro atoms. The van der Waals surface area contributed by atoms with E-state index in [0.29, 0.717) is 6.54 Å². The molecule has 0 fully saturated rings. The standard InChI is InChI=1S/C13H20N2O/c1-3-7-11(4-2)13(16)15-10-12-8-5-6-9-14-12/h5-6,8-9,11H,3-4,7,10H2,1-2H3,(H,15,16). The third-order valence-corrected chi connectivity index (χ3v) is 2.67. The zero-order valence-corrected chi connectivity index (χ0v) is 10.1. The Bertz CT molecular complexity index is 311. The molecule has 0 aromatic carbocycles. The Morgan fingerprint density at radius 1 is 1.44 bits per heavy atom. The molecule has 3 nitrogen and oxygen atoms in total. The van der Waals surface area contributed by atoms with Crippen LogP contribution in [0.4, 0.5) is 0 Å². The lowest BCUT2D eigenvalue weighted by atomic mass is 10.00. The van der Waals surface area contributed by atoms with Crippen LogP contribution in [0, 0.1) is 5.92 Å². The number of carbonyl (C=O) groups is 1. The molecule has 0 aliphatic carbocycles. The smallest absolute Gasteiger partial charge is 0.223 e. The van der Waals surface area contributed by atoms with E-state index in [1.165, 1.54) is 0 Å². The van der Waals surface area contributed by atoms with E-state index in [1.807, 2.05) is 18.2 Å². The number of aromatic nitrogens is 1. The molecule has 1 aromatic rings. The summed E-state index contributed by atoms with van der Waals surface area (Å²) in [6.45, 7) is 4.69. The highest BCUT2D eigenvalue weighted by Crippen LogP contribution is 2.10. The van der Waals surface area contributed by atoms with Crippen LogP contribution in [0.25, 0.3) is 0 Å². The fourth-order valence-electron chi connectivity index (χ4n) is 1.69. The van der Waals surface area contributed by atoms with Crippen molar-refractivity contribution < 1.29 is 4.79 Å². The molecule has 1 amide bonds. The van der Waals surface area contributed by atoms with Gasteiger partial charge in [-0.2, -0.15) is 0 Å². The molecule has 3 heteroatoms. The van der Waals surface area contributed by atoms with Crippen molar-refractivity contribution in [3.63, 3.8) is 0 Å². The summed E-state index contributed by atoms with van der Waals surface area (Å²) < 4.78 is 0. The maximum Gasteiger partial charge on any atom is 0.223 e. The molecule has 1 aromatic heterocycles. The topological polar surface area (TPSA) is 42.0 Å². The molecule has 1 rings (SSSR count). The molecule has 1 heterocycles. The number of hydrogen-bond acceptors (Lipinski definition) is 2. The van der Waals surface area contributed by atoms with Gasteiger partial charge in [0.25, 0.3) is 0 Å². The molecule has 0 bridgehead atoms. The van der Waals surface area contributed by atoms with Gasteiger partial charge in [0.05, 0.1) is 12.2 Å². The van der Waals surface area contributed by atoms with Crippen LogP contribution in [0.2, 0.25) is 0 Å². The van der Waals surface area contributed by atoms with Crippen LogP contribution in [0.1, 0.15) is 38.8 Å². The lowest BCUT2D eigenvalue weighted by Crippen LogP contribution is -2.30. The van der Waals surface area contributed by atoms with Gasteiger partial charge in [-0.05, 0) is 25.0 Å². The van der Waals surface area contributed by atoms with E-state index in [2.05, 4.69) is 24.1 Å². The zero-order valence-electron chi connectivity index (χ0n) is 10.1. The molecule has 0 aliphatic heterocycles. The SMILES string of the molecule is CCCC(CC)C(=O)NCc1ccccn1. The maximum absolute atomic E-state index is 11.8. The minimum atomic E-state index is 0.147. The Labute approximate surface area is 97.3 Å². The summed E-state index contributed by atoms with van der Waals surface area (Å²) in [5, 5.41) is 2.93. The monoisotopic (exact) mass is 220 g/mol. The first-order valence-corrected chi connectivity index (χ1v) is 5.95. The first-order valence-electron chi connectivity index (χ1n) is 5.95. The molecule has 1 N–H and O–H groups in total. The quantitative estimate of drug-likeness (QED) is 0.800. The van der Waals surface area contributed by atoms with Gasteiger partial charge in [-0.15, -0.1) is 0 Å². The summed E-state index contributed by atoms with van der Waals surface area (Å²) in [4.78, 5) is 16.0. The second-order valence-corrected chi connectivity index (χ2v) is 3.93. The zero-order chi connectivity index (χ0) is 11.8. The predicted molar refractivity (Wildman–Crippen MR) is 64.8 cm³/mol. The Morgan fingerprint density at radius 2 is 2.25 bits per heavy atom. The largest absolute Gasteiger partial charge is 0.350 e. The van der Waals surface area contributed by atoms with Crippen molar-refractivity contribution >= 4 is 5.91 Å². The van der Waals surface area contributed by atoms with Crippen molar-refractivity contribution in [1.82, 2.24) is 10.3 Å². The van der Waals surface area contributed by atoms with E-state index >= 15 is 0 Å². The van der Waals surface area contributed by atoms with Crippen molar-refractivity contribution in [2.45, 2.75) is 39.7 Å². The number of pyridine rings is 1. The summed E-state index contributed by atoms with van der Waals surface area (Å²) >= 11 is 0. The summed E-state index contributed by atoms with van der Waals surface area (Å²) in [5.74, 6) is 0.295. The van der Waals surface area contributed by atoms with Crippen LogP contribution in [0.5, 0.6) is 0 Å². The molecule has 88 valence electrons. The number of nitrogens with zero attached hydrogens (tertiary/aromatic N) is 1. The Balaban J connectivity index is 2.40. The molecular formula is C13H20N2O. The van der Waals surface area contributed by atoms with Crippen LogP contribution in [-0.2, 0) is 11.3 Å². The average Bonchev–Trinajstić information content (AvgIpc) is 2.34. The van der Waals surface area contributed by atoms with Gasteiger partial charge in [-0.1, -0.05) is 26.3 Å². The minimum absolute atomic E-state index is 0.147. The molecule has 0 saturated carbocycles. The highest BCUT2D eigenvalue weighted by Gasteiger charge is 2.14. The van der Waals surface area contributed by atoms with Crippen LogP contribution >= 0.6 is 0 Å². The molecule has 0 saturated heterocycles. The van der Waals surface area contributed by atoms with E-state index in [4.69, 9.17) is 0 Å². The molecule has 1 atom stereocenters. The van der Waals surface area contributed by atoms with E-state index < -0.39 is 0 Å². The normalized spacial score (nSPS) is 12.1. The van der Waals surface area contributed by atoms with E-state index in [9.17, 15) is 4.79 Å². The van der Waals surface area contributed by atoms with Crippen molar-refractivity contribution in [2.75, 3.05) is 0 Å². The summed E-state index contributed by atoms with van der Waals surface area (Å²) in [6, 6.07) is 5.72. The van der Waals surface area contributed by atoms with Crippen molar-refractivity contribution in [3.8, 4) is 0 Å². The van der Waals surface area contributed by atoms with Gasteiger partial charge in [-0.25, -0.2) is 0 Å². The number of amides is 1. The van der Waals surface area contributed by atoms with Crippen molar-refractivity contribution in [3.05, 3.63) is 30.1 Å². The predicted octanol–water partition coefficient (Wildman–Crippen LogP) is 2.52. The summed E-state index contributed by atoms with van der Waals surface area (Å²) in [7, 11) is 0. The lowest BCUT2D eigenvalue weighted by molar-refractivity contribution is -0.125. The molecule has 0 radical (unpaired) electrons. The molecule has 0 aliphatic rings. The first-order chi connectivity index (χ1) is 7.77. The Kier molecular flexibility index (Phi) is 5.54. The molecular weight excluding hydrogens is 200 g/mol. The fraction of sp³-hybridized carbons (Fsp3) is 0.538. The second kappa shape index (κ2) is 6.99. The molecule has 1 unspecified atom stereocenters. The third-order valence-electron chi connectivity index (χ3n) is 2.67. The Morgan fingerprint density at radius 3 is 2.81 bits per heavy atom. The van der Waals surface area contributed by atoms with Crippen LogP contribution in [0.15, 0.2) is 24.4 Å². The average molecular weight is 220 g/mol. The number of hydrogen-bond donors (Lipinski definition) is 1. The van der Waals surface area contributed by atoms with E-state index in [-0.39, 0.29) is 11.8 Å². The van der Waals surface area contributed by atoms with Crippen molar-refractivity contribution in [1.29, 1.82) is 0 Å². The van der Waals surface area contributed by atoms with Gasteiger partial charge in [0, 0.05) is 12.1 Å². The van der Waals surface area contributed by atoms with Gasteiger partial charge < -0.3 is 5.32 Å². The third kappa shape index (κ3) is 4.01. The van der Waals surface area contributed by atoms with Crippen LogP contribution in [0.3, 0.4) is 0 Å². The highest BCUT2D eigenvalue weighted by atomic mass is 16.1. The number of nitrogens with one attached hydrogen (secondary N) is 1. The first kappa shape index (κ1) is 12.7. The highest BCUT2D eigenvalue weighted by molar-refractivity contribution is 5.78. The number of carbonyl (C=O) groups excluding carboxylic acids is 1. The van der Waals surface area contributed by atoms with Gasteiger partial charge in [0.15, 0.2) is 0 Å². The van der Waals surface area contributed by atoms with Gasteiger partial charge >= 0.3 is 0 Å². The van der Waals surface area contributed by atoms with E-state index in [1.54, 1.807) is 6.20 Å².